The zero-order valence-electron chi connectivity index (χ0n) is 20.0. The molecule has 5 nitrogen and oxygen atoms in total. The zero-order valence-corrected chi connectivity index (χ0v) is 20.0. The van der Waals surface area contributed by atoms with Crippen LogP contribution in [0.2, 0.25) is 0 Å². The van der Waals surface area contributed by atoms with Gasteiger partial charge in [-0.15, -0.1) is 0 Å². The highest BCUT2D eigenvalue weighted by atomic mass is 16.5. The van der Waals surface area contributed by atoms with E-state index in [0.29, 0.717) is 19.4 Å². The van der Waals surface area contributed by atoms with Crippen molar-refractivity contribution in [3.63, 3.8) is 0 Å². The number of hydrogen-bond donors (Lipinski definition) is 2. The lowest BCUT2D eigenvalue weighted by Crippen LogP contribution is -2.31. The van der Waals surface area contributed by atoms with Crippen LogP contribution in [-0.2, 0) is 14.3 Å². The van der Waals surface area contributed by atoms with E-state index in [1.54, 1.807) is 0 Å². The molecule has 0 heterocycles. The van der Waals surface area contributed by atoms with Gasteiger partial charge in [0.25, 0.3) is 0 Å². The Morgan fingerprint density at radius 2 is 1.20 bits per heavy atom. The third kappa shape index (κ3) is 20.2. The van der Waals surface area contributed by atoms with Gasteiger partial charge >= 0.3 is 5.97 Å². The largest absolute Gasteiger partial charge is 0.468 e. The maximum Gasteiger partial charge on any atom is 0.322 e. The summed E-state index contributed by atoms with van der Waals surface area (Å²) in [7, 11) is 1.35. The highest BCUT2D eigenvalue weighted by molar-refractivity contribution is 5.76. The highest BCUT2D eigenvalue weighted by Gasteiger charge is 2.12. The lowest BCUT2D eigenvalue weighted by Gasteiger charge is -2.09. The third-order valence-corrected chi connectivity index (χ3v) is 5.78. The van der Waals surface area contributed by atoms with Gasteiger partial charge in [0.1, 0.15) is 6.04 Å². The number of methoxy groups -OCH3 is 1. The predicted octanol–water partition coefficient (Wildman–Crippen LogP) is 6.03. The number of ether oxygens (including phenoxy) is 1. The SMILES string of the molecule is CCCCCCCCCCCCCCCCCC(=O)NCCCC[C@H](N)C(=O)OC. The first-order valence-electron chi connectivity index (χ1n) is 12.7. The van der Waals surface area contributed by atoms with E-state index in [0.717, 1.165) is 25.7 Å². The summed E-state index contributed by atoms with van der Waals surface area (Å²) in [6.07, 6.45) is 22.9. The van der Waals surface area contributed by atoms with Crippen molar-refractivity contribution in [2.75, 3.05) is 13.7 Å². The van der Waals surface area contributed by atoms with Crippen molar-refractivity contribution in [1.29, 1.82) is 0 Å². The Kier molecular flexibility index (Phi) is 21.8. The van der Waals surface area contributed by atoms with Crippen molar-refractivity contribution in [2.24, 2.45) is 5.73 Å². The Balaban J connectivity index is 3.24. The number of nitrogens with one attached hydrogen (secondary N) is 1. The molecule has 0 aromatic heterocycles. The fourth-order valence-electron chi connectivity index (χ4n) is 3.73. The summed E-state index contributed by atoms with van der Waals surface area (Å²) in [4.78, 5) is 23.0. The molecule has 30 heavy (non-hydrogen) atoms. The highest BCUT2D eigenvalue weighted by Crippen LogP contribution is 2.13. The maximum absolute atomic E-state index is 11.8. The van der Waals surface area contributed by atoms with Crippen molar-refractivity contribution in [3.8, 4) is 0 Å². The summed E-state index contributed by atoms with van der Waals surface area (Å²) in [5.74, 6) is -0.228. The first kappa shape index (κ1) is 28.9. The molecule has 0 aliphatic carbocycles. The van der Waals surface area contributed by atoms with Gasteiger partial charge in [0.05, 0.1) is 7.11 Å². The van der Waals surface area contributed by atoms with Gasteiger partial charge in [0.2, 0.25) is 5.91 Å². The molecule has 3 N–H and O–H groups in total. The van der Waals surface area contributed by atoms with Crippen LogP contribution in [-0.4, -0.2) is 31.6 Å². The number of carbonyl (C=O) groups is 2. The monoisotopic (exact) mass is 426 g/mol. The minimum absolute atomic E-state index is 0.141. The Hall–Kier alpha value is -1.10. The van der Waals surface area contributed by atoms with Crippen LogP contribution in [0.25, 0.3) is 0 Å². The number of amides is 1. The topological polar surface area (TPSA) is 81.4 Å². The van der Waals surface area contributed by atoms with E-state index >= 15 is 0 Å². The van der Waals surface area contributed by atoms with Gasteiger partial charge in [-0.3, -0.25) is 9.59 Å². The number of nitrogens with two attached hydrogens (primary N) is 1. The molecule has 0 saturated heterocycles. The molecule has 1 atom stereocenters. The Morgan fingerprint density at radius 3 is 1.67 bits per heavy atom. The minimum Gasteiger partial charge on any atom is -0.468 e. The van der Waals surface area contributed by atoms with Crippen molar-refractivity contribution in [1.82, 2.24) is 5.32 Å². The Morgan fingerprint density at radius 1 is 0.733 bits per heavy atom. The van der Waals surface area contributed by atoms with Crippen LogP contribution >= 0.6 is 0 Å². The number of unbranched alkanes of at least 4 members (excludes halogenated alkanes) is 15. The molecular formula is C25H50N2O3. The first-order chi connectivity index (χ1) is 14.6. The zero-order chi connectivity index (χ0) is 22.3. The van der Waals surface area contributed by atoms with E-state index in [1.807, 2.05) is 0 Å². The molecule has 0 unspecified atom stereocenters. The van der Waals surface area contributed by atoms with E-state index in [4.69, 9.17) is 5.73 Å². The van der Waals surface area contributed by atoms with Crippen LogP contribution in [0, 0.1) is 0 Å². The second-order valence-corrected chi connectivity index (χ2v) is 8.68. The normalized spacial score (nSPS) is 12.0. The van der Waals surface area contributed by atoms with Crippen LogP contribution in [0.4, 0.5) is 0 Å². The molecule has 1 amide bonds. The van der Waals surface area contributed by atoms with Crippen LogP contribution in [0.1, 0.15) is 129 Å². The van der Waals surface area contributed by atoms with Gasteiger partial charge in [-0.25, -0.2) is 0 Å². The number of rotatable bonds is 22. The fourth-order valence-corrected chi connectivity index (χ4v) is 3.73. The molecule has 5 heteroatoms. The summed E-state index contributed by atoms with van der Waals surface area (Å²) in [5.41, 5.74) is 5.68. The quantitative estimate of drug-likeness (QED) is 0.163. The summed E-state index contributed by atoms with van der Waals surface area (Å²) in [6.45, 7) is 2.93. The molecule has 0 rings (SSSR count). The van der Waals surface area contributed by atoms with Gasteiger partial charge < -0.3 is 15.8 Å². The van der Waals surface area contributed by atoms with Crippen molar-refractivity contribution in [3.05, 3.63) is 0 Å². The minimum atomic E-state index is -0.550. The van der Waals surface area contributed by atoms with Crippen LogP contribution in [0.3, 0.4) is 0 Å². The molecule has 0 aromatic rings. The average Bonchev–Trinajstić information content (AvgIpc) is 2.75. The lowest BCUT2D eigenvalue weighted by atomic mass is 10.0. The summed E-state index contributed by atoms with van der Waals surface area (Å²) in [6, 6.07) is -0.550. The second-order valence-electron chi connectivity index (χ2n) is 8.68. The van der Waals surface area contributed by atoms with Gasteiger partial charge in [0, 0.05) is 13.0 Å². The van der Waals surface area contributed by atoms with Crippen LogP contribution < -0.4 is 11.1 Å². The van der Waals surface area contributed by atoms with Gasteiger partial charge in [-0.1, -0.05) is 96.8 Å². The van der Waals surface area contributed by atoms with E-state index in [9.17, 15) is 9.59 Å². The van der Waals surface area contributed by atoms with Crippen molar-refractivity contribution >= 4 is 11.9 Å². The van der Waals surface area contributed by atoms with E-state index < -0.39 is 6.04 Å². The first-order valence-corrected chi connectivity index (χ1v) is 12.7. The van der Waals surface area contributed by atoms with E-state index in [-0.39, 0.29) is 11.9 Å². The molecule has 0 bridgehead atoms. The smallest absolute Gasteiger partial charge is 0.322 e. The average molecular weight is 427 g/mol. The predicted molar refractivity (Wildman–Crippen MR) is 126 cm³/mol. The number of esters is 1. The lowest BCUT2D eigenvalue weighted by molar-refractivity contribution is -0.142. The van der Waals surface area contributed by atoms with Crippen LogP contribution in [0.15, 0.2) is 0 Å². The van der Waals surface area contributed by atoms with Gasteiger partial charge in [0.15, 0.2) is 0 Å². The molecule has 0 aliphatic heterocycles. The standard InChI is InChI=1S/C25H50N2O3/c1-3-4-5-6-7-8-9-10-11-12-13-14-15-16-17-21-24(28)27-22-19-18-20-23(26)25(29)30-2/h23H,3-22,26H2,1-2H3,(H,27,28)/t23-/m0/s1. The molecule has 0 radical (unpaired) electrons. The molecule has 0 spiro atoms. The molecule has 178 valence electrons. The maximum atomic E-state index is 11.8. The Bertz CT molecular complexity index is 402. The fraction of sp³-hybridized carbons (Fsp3) is 0.920. The molecule has 0 aliphatic rings. The summed E-state index contributed by atoms with van der Waals surface area (Å²) < 4.78 is 4.59. The van der Waals surface area contributed by atoms with Gasteiger partial charge in [-0.2, -0.15) is 0 Å². The summed E-state index contributed by atoms with van der Waals surface area (Å²) in [5, 5.41) is 2.95. The molecular weight excluding hydrogens is 376 g/mol. The van der Waals surface area contributed by atoms with E-state index in [2.05, 4.69) is 17.0 Å². The van der Waals surface area contributed by atoms with Gasteiger partial charge in [-0.05, 0) is 25.7 Å². The second kappa shape index (κ2) is 22.6. The third-order valence-electron chi connectivity index (χ3n) is 5.78. The number of carbonyl (C=O) groups excluding carboxylic acids is 2. The molecule has 0 fully saturated rings. The van der Waals surface area contributed by atoms with Crippen molar-refractivity contribution < 1.29 is 14.3 Å². The Labute approximate surface area is 186 Å². The van der Waals surface area contributed by atoms with Crippen LogP contribution in [0.5, 0.6) is 0 Å². The summed E-state index contributed by atoms with van der Waals surface area (Å²) >= 11 is 0. The molecule has 0 aromatic carbocycles. The molecule has 0 saturated carbocycles. The van der Waals surface area contributed by atoms with Crippen molar-refractivity contribution in [2.45, 2.75) is 135 Å². The number of hydrogen-bond acceptors (Lipinski definition) is 4. The van der Waals surface area contributed by atoms with E-state index in [1.165, 1.54) is 90.6 Å².